The van der Waals surface area contributed by atoms with Crippen molar-refractivity contribution in [3.63, 3.8) is 0 Å². The molecule has 1 atom stereocenters. The van der Waals surface area contributed by atoms with Crippen molar-refractivity contribution >= 4 is 19.7 Å². The number of rotatable bonds is 4. The van der Waals surface area contributed by atoms with E-state index in [4.69, 9.17) is 15.4 Å². The first-order chi connectivity index (χ1) is 6.95. The number of ether oxygens (including phenoxy) is 1. The van der Waals surface area contributed by atoms with Crippen LogP contribution >= 0.6 is 10.7 Å². The van der Waals surface area contributed by atoms with Gasteiger partial charge in [-0.1, -0.05) is 18.2 Å². The van der Waals surface area contributed by atoms with E-state index in [0.717, 1.165) is 5.56 Å². The van der Waals surface area contributed by atoms with Crippen molar-refractivity contribution in [3.05, 3.63) is 29.8 Å². The van der Waals surface area contributed by atoms with Crippen molar-refractivity contribution in [2.45, 2.75) is 18.6 Å². The molecule has 0 amide bonds. The van der Waals surface area contributed by atoms with E-state index >= 15 is 0 Å². The van der Waals surface area contributed by atoms with Gasteiger partial charge < -0.3 is 4.74 Å². The zero-order valence-corrected chi connectivity index (χ0v) is 10.2. The molecule has 1 rings (SSSR count). The molecule has 3 nitrogen and oxygen atoms in total. The summed E-state index contributed by atoms with van der Waals surface area (Å²) in [6.07, 6.45) is 0.357. The van der Waals surface area contributed by atoms with Crippen LogP contribution in [0.3, 0.4) is 0 Å². The molecule has 5 heteroatoms. The predicted molar refractivity (Wildman–Crippen MR) is 60.9 cm³/mol. The Bertz CT molecular complexity index is 428. The Morgan fingerprint density at radius 3 is 2.53 bits per heavy atom. The number of benzene rings is 1. The number of hydrogen-bond acceptors (Lipinski definition) is 3. The monoisotopic (exact) mass is 248 g/mol. The zero-order valence-electron chi connectivity index (χ0n) is 8.60. The molecule has 84 valence electrons. The van der Waals surface area contributed by atoms with Crippen LogP contribution in [-0.4, -0.2) is 20.8 Å². The number of halogens is 1. The van der Waals surface area contributed by atoms with Crippen LogP contribution in [0.1, 0.15) is 12.5 Å². The normalized spacial score (nSPS) is 13.5. The molecule has 0 saturated carbocycles. The van der Waals surface area contributed by atoms with E-state index in [1.165, 1.54) is 0 Å². The largest absolute Gasteiger partial charge is 0.496 e. The third-order valence-corrected chi connectivity index (χ3v) is 4.22. The van der Waals surface area contributed by atoms with Crippen molar-refractivity contribution in [3.8, 4) is 5.75 Å². The molecule has 1 unspecified atom stereocenters. The Balaban J connectivity index is 2.90. The topological polar surface area (TPSA) is 43.4 Å². The summed E-state index contributed by atoms with van der Waals surface area (Å²) < 4.78 is 27.2. The van der Waals surface area contributed by atoms with Gasteiger partial charge in [0, 0.05) is 10.7 Å². The lowest BCUT2D eigenvalue weighted by Gasteiger charge is -2.11. The predicted octanol–water partition coefficient (Wildman–Crippen LogP) is 2.19. The number of hydrogen-bond donors (Lipinski definition) is 0. The Hall–Kier alpha value is -0.740. The lowest BCUT2D eigenvalue weighted by Crippen LogP contribution is -2.15. The quantitative estimate of drug-likeness (QED) is 0.768. The molecule has 0 saturated heterocycles. The third-order valence-electron chi connectivity index (χ3n) is 2.18. The van der Waals surface area contributed by atoms with Gasteiger partial charge in [0.1, 0.15) is 5.75 Å². The molecule has 0 aliphatic heterocycles. The summed E-state index contributed by atoms with van der Waals surface area (Å²) in [7, 11) is 3.31. The van der Waals surface area contributed by atoms with Crippen molar-refractivity contribution in [2.24, 2.45) is 0 Å². The fourth-order valence-corrected chi connectivity index (χ4v) is 1.85. The molecule has 0 heterocycles. The molecule has 0 N–H and O–H groups in total. The van der Waals surface area contributed by atoms with E-state index in [0.29, 0.717) is 12.2 Å². The summed E-state index contributed by atoms with van der Waals surface area (Å²) in [5.74, 6) is 0.685. The van der Waals surface area contributed by atoms with Crippen LogP contribution in [0.15, 0.2) is 24.3 Å². The van der Waals surface area contributed by atoms with Crippen molar-refractivity contribution in [1.29, 1.82) is 0 Å². The van der Waals surface area contributed by atoms with Crippen LogP contribution in [0.25, 0.3) is 0 Å². The maximum atomic E-state index is 11.1. The molecular weight excluding hydrogens is 236 g/mol. The van der Waals surface area contributed by atoms with E-state index < -0.39 is 14.3 Å². The Morgan fingerprint density at radius 2 is 2.00 bits per heavy atom. The van der Waals surface area contributed by atoms with Gasteiger partial charge in [0.15, 0.2) is 0 Å². The lowest BCUT2D eigenvalue weighted by molar-refractivity contribution is 0.409. The maximum absolute atomic E-state index is 11.1. The van der Waals surface area contributed by atoms with Gasteiger partial charge in [0.25, 0.3) is 0 Å². The summed E-state index contributed by atoms with van der Waals surface area (Å²) in [4.78, 5) is 0. The molecule has 1 aromatic rings. The highest BCUT2D eigenvalue weighted by molar-refractivity contribution is 8.14. The minimum Gasteiger partial charge on any atom is -0.496 e. The van der Waals surface area contributed by atoms with Crippen molar-refractivity contribution in [2.75, 3.05) is 7.11 Å². The second kappa shape index (κ2) is 4.86. The van der Waals surface area contributed by atoms with E-state index in [1.54, 1.807) is 20.1 Å². The van der Waals surface area contributed by atoms with Gasteiger partial charge in [-0.25, -0.2) is 8.42 Å². The minimum absolute atomic E-state index is 0.357. The van der Waals surface area contributed by atoms with Crippen LogP contribution in [-0.2, 0) is 15.5 Å². The van der Waals surface area contributed by atoms with Gasteiger partial charge in [-0.15, -0.1) is 0 Å². The average Bonchev–Trinajstić information content (AvgIpc) is 2.17. The molecule has 0 bridgehead atoms. The summed E-state index contributed by atoms with van der Waals surface area (Å²) in [6, 6.07) is 7.30. The molecule has 0 spiro atoms. The molecular formula is C10H13ClO3S. The van der Waals surface area contributed by atoms with Gasteiger partial charge in [0.05, 0.1) is 12.4 Å². The maximum Gasteiger partial charge on any atom is 0.235 e. The molecule has 0 aromatic heterocycles. The molecule has 0 aliphatic carbocycles. The standard InChI is InChI=1S/C10H13ClO3S/c1-8(15(11,12)13)7-9-5-3-4-6-10(9)14-2/h3-6,8H,7H2,1-2H3. The molecule has 0 aliphatic rings. The summed E-state index contributed by atoms with van der Waals surface area (Å²) in [5.41, 5.74) is 0.844. The molecule has 15 heavy (non-hydrogen) atoms. The van der Waals surface area contributed by atoms with Gasteiger partial charge in [-0.3, -0.25) is 0 Å². The van der Waals surface area contributed by atoms with E-state index in [2.05, 4.69) is 0 Å². The second-order valence-corrected chi connectivity index (χ2v) is 6.35. The van der Waals surface area contributed by atoms with Crippen LogP contribution in [0, 0.1) is 0 Å². The average molecular weight is 249 g/mol. The lowest BCUT2D eigenvalue weighted by atomic mass is 10.1. The number of methoxy groups -OCH3 is 1. The Morgan fingerprint density at radius 1 is 1.40 bits per heavy atom. The fraction of sp³-hybridized carbons (Fsp3) is 0.400. The van der Waals surface area contributed by atoms with E-state index in [-0.39, 0.29) is 0 Å². The summed E-state index contributed by atoms with van der Waals surface area (Å²) in [6.45, 7) is 1.58. The van der Waals surface area contributed by atoms with Gasteiger partial charge in [0.2, 0.25) is 9.05 Å². The van der Waals surface area contributed by atoms with Crippen LogP contribution in [0.2, 0.25) is 0 Å². The van der Waals surface area contributed by atoms with Gasteiger partial charge in [-0.2, -0.15) is 0 Å². The zero-order chi connectivity index (χ0) is 11.5. The van der Waals surface area contributed by atoms with E-state index in [9.17, 15) is 8.42 Å². The third kappa shape index (κ3) is 3.39. The summed E-state index contributed by atoms with van der Waals surface area (Å²) in [5, 5.41) is -0.615. The first-order valence-corrected chi connectivity index (χ1v) is 6.87. The van der Waals surface area contributed by atoms with Crippen LogP contribution in [0.5, 0.6) is 5.75 Å². The van der Waals surface area contributed by atoms with Crippen molar-refractivity contribution in [1.82, 2.24) is 0 Å². The highest BCUT2D eigenvalue weighted by atomic mass is 35.7. The van der Waals surface area contributed by atoms with Crippen molar-refractivity contribution < 1.29 is 13.2 Å². The molecule has 1 aromatic carbocycles. The SMILES string of the molecule is COc1ccccc1CC(C)S(=O)(=O)Cl. The molecule has 0 fully saturated rings. The Kier molecular flexibility index (Phi) is 3.99. The summed E-state index contributed by atoms with van der Waals surface area (Å²) >= 11 is 0. The highest BCUT2D eigenvalue weighted by Gasteiger charge is 2.19. The number of para-hydroxylation sites is 1. The van der Waals surface area contributed by atoms with Crippen LogP contribution in [0.4, 0.5) is 0 Å². The van der Waals surface area contributed by atoms with E-state index in [1.807, 2.05) is 18.2 Å². The smallest absolute Gasteiger partial charge is 0.235 e. The second-order valence-electron chi connectivity index (χ2n) is 3.30. The first-order valence-electron chi connectivity index (χ1n) is 4.50. The minimum atomic E-state index is -3.51. The fourth-order valence-electron chi connectivity index (χ4n) is 1.28. The van der Waals surface area contributed by atoms with Gasteiger partial charge in [-0.05, 0) is 25.0 Å². The highest BCUT2D eigenvalue weighted by Crippen LogP contribution is 2.21. The van der Waals surface area contributed by atoms with Crippen LogP contribution < -0.4 is 4.74 Å². The Labute approximate surface area is 94.4 Å². The van der Waals surface area contributed by atoms with Gasteiger partial charge >= 0.3 is 0 Å². The first kappa shape index (κ1) is 12.3. The molecule has 0 radical (unpaired) electrons.